The van der Waals surface area contributed by atoms with E-state index in [1.165, 1.54) is 31.3 Å². The van der Waals surface area contributed by atoms with Crippen LogP contribution < -0.4 is 0 Å². The molecule has 4 nitrogen and oxygen atoms in total. The van der Waals surface area contributed by atoms with Gasteiger partial charge in [0, 0.05) is 13.0 Å². The highest BCUT2D eigenvalue weighted by Crippen LogP contribution is 2.69. The van der Waals surface area contributed by atoms with Crippen LogP contribution in [0, 0.1) is 29.6 Å². The van der Waals surface area contributed by atoms with Crippen LogP contribution in [0.3, 0.4) is 0 Å². The highest BCUT2D eigenvalue weighted by Gasteiger charge is 2.67. The van der Waals surface area contributed by atoms with Crippen LogP contribution in [-0.2, 0) is 14.3 Å². The fourth-order valence-electron chi connectivity index (χ4n) is 4.25. The minimum atomic E-state index is -0.338. The quantitative estimate of drug-likeness (QED) is 0.685. The molecule has 3 saturated carbocycles. The van der Waals surface area contributed by atoms with Gasteiger partial charge in [-0.1, -0.05) is 0 Å². The molecule has 0 aromatic rings. The number of fused-ring (bicyclic) bond motifs is 5. The number of ether oxygens (including phenoxy) is 1. The molecule has 4 heteroatoms. The Bertz CT molecular complexity index is 352. The first kappa shape index (κ1) is 11.1. The molecule has 94 valence electrons. The van der Waals surface area contributed by atoms with Crippen LogP contribution in [0.2, 0.25) is 0 Å². The molecule has 17 heavy (non-hydrogen) atoms. The van der Waals surface area contributed by atoms with E-state index in [1.807, 2.05) is 0 Å². The Balaban J connectivity index is 1.60. The number of rotatable bonds is 3. The van der Waals surface area contributed by atoms with E-state index in [-0.39, 0.29) is 24.3 Å². The fourth-order valence-corrected chi connectivity index (χ4v) is 4.25. The Morgan fingerprint density at radius 3 is 2.35 bits per heavy atom. The molecule has 3 fully saturated rings. The van der Waals surface area contributed by atoms with Crippen LogP contribution in [0.25, 0.3) is 0 Å². The van der Waals surface area contributed by atoms with E-state index in [0.717, 1.165) is 11.8 Å². The summed E-state index contributed by atoms with van der Waals surface area (Å²) in [5, 5.41) is 0. The molecule has 4 unspecified atom stereocenters. The van der Waals surface area contributed by atoms with Crippen LogP contribution in [-0.4, -0.2) is 37.5 Å². The van der Waals surface area contributed by atoms with Crippen molar-refractivity contribution < 1.29 is 14.3 Å². The van der Waals surface area contributed by atoms with E-state index in [2.05, 4.69) is 4.74 Å². The molecular weight excluding hydrogens is 218 g/mol. The van der Waals surface area contributed by atoms with Crippen LogP contribution in [0.5, 0.6) is 0 Å². The molecule has 2 bridgehead atoms. The molecule has 1 amide bonds. The maximum absolute atomic E-state index is 12.2. The normalized spacial score (nSPS) is 40.9. The van der Waals surface area contributed by atoms with Gasteiger partial charge >= 0.3 is 5.97 Å². The van der Waals surface area contributed by atoms with Gasteiger partial charge in [-0.05, 0) is 42.9 Å². The first-order chi connectivity index (χ1) is 8.13. The highest BCUT2D eigenvalue weighted by molar-refractivity contribution is 5.86. The molecule has 0 aliphatic heterocycles. The number of nitrogens with zero attached hydrogens (tertiary/aromatic N) is 1. The number of esters is 1. The van der Waals surface area contributed by atoms with Gasteiger partial charge in [0.2, 0.25) is 5.91 Å². The molecule has 0 radical (unpaired) electrons. The van der Waals surface area contributed by atoms with Gasteiger partial charge in [0.15, 0.2) is 0 Å². The lowest BCUT2D eigenvalue weighted by Crippen LogP contribution is -2.35. The number of likely N-dealkylation sites (N-methyl/N-ethyl adjacent to an activating group) is 1. The van der Waals surface area contributed by atoms with E-state index in [9.17, 15) is 9.59 Å². The predicted octanol–water partition coefficient (Wildman–Crippen LogP) is 0.910. The first-order valence-corrected chi connectivity index (χ1v) is 6.45. The fraction of sp³-hybridized carbons (Fsp3) is 0.846. The van der Waals surface area contributed by atoms with Crippen molar-refractivity contribution in [2.75, 3.05) is 20.7 Å². The lowest BCUT2D eigenvalue weighted by Gasteiger charge is -2.17. The van der Waals surface area contributed by atoms with Crippen LogP contribution in [0.4, 0.5) is 0 Å². The van der Waals surface area contributed by atoms with Crippen molar-refractivity contribution in [2.24, 2.45) is 29.6 Å². The smallest absolute Gasteiger partial charge is 0.325 e. The van der Waals surface area contributed by atoms with Crippen molar-refractivity contribution in [3.63, 3.8) is 0 Å². The van der Waals surface area contributed by atoms with E-state index in [4.69, 9.17) is 0 Å². The number of amides is 1. The highest BCUT2D eigenvalue weighted by atomic mass is 16.5. The van der Waals surface area contributed by atoms with Crippen molar-refractivity contribution >= 4 is 11.9 Å². The van der Waals surface area contributed by atoms with Gasteiger partial charge in [0.25, 0.3) is 0 Å². The van der Waals surface area contributed by atoms with Gasteiger partial charge < -0.3 is 9.64 Å². The molecule has 3 aliphatic rings. The molecule has 0 heterocycles. The van der Waals surface area contributed by atoms with E-state index in [0.29, 0.717) is 11.8 Å². The molecule has 4 atom stereocenters. The van der Waals surface area contributed by atoms with Crippen molar-refractivity contribution in [1.82, 2.24) is 4.90 Å². The minimum absolute atomic E-state index is 0.0839. The second-order valence-corrected chi connectivity index (χ2v) is 5.78. The topological polar surface area (TPSA) is 46.6 Å². The SMILES string of the molecule is COC(=O)CN(C)C(=O)C1C2C3CCC(C3)C12. The summed E-state index contributed by atoms with van der Waals surface area (Å²) in [4.78, 5) is 24.9. The van der Waals surface area contributed by atoms with Gasteiger partial charge in [-0.2, -0.15) is 0 Å². The van der Waals surface area contributed by atoms with Gasteiger partial charge in [0.05, 0.1) is 7.11 Å². The van der Waals surface area contributed by atoms with E-state index < -0.39 is 0 Å². The Kier molecular flexibility index (Phi) is 2.42. The molecule has 0 spiro atoms. The zero-order chi connectivity index (χ0) is 12.2. The standard InChI is InChI=1S/C13H19NO3/c1-14(6-9(15)17-2)13(16)12-10-7-3-4-8(5-7)11(10)12/h7-8,10-12H,3-6H2,1-2H3. The van der Waals surface area contributed by atoms with Crippen LogP contribution >= 0.6 is 0 Å². The van der Waals surface area contributed by atoms with Crippen molar-refractivity contribution in [3.8, 4) is 0 Å². The zero-order valence-electron chi connectivity index (χ0n) is 10.4. The molecule has 3 rings (SSSR count). The number of methoxy groups -OCH3 is 1. The summed E-state index contributed by atoms with van der Waals surface area (Å²) >= 11 is 0. The summed E-state index contributed by atoms with van der Waals surface area (Å²) < 4.78 is 4.59. The lowest BCUT2D eigenvalue weighted by atomic mass is 10.0. The molecular formula is C13H19NO3. The molecule has 0 aromatic carbocycles. The molecule has 0 saturated heterocycles. The second-order valence-electron chi connectivity index (χ2n) is 5.78. The summed E-state index contributed by atoms with van der Waals surface area (Å²) in [6.07, 6.45) is 3.98. The number of hydrogen-bond acceptors (Lipinski definition) is 3. The third-order valence-electron chi connectivity index (χ3n) is 4.99. The number of hydrogen-bond donors (Lipinski definition) is 0. The summed E-state index contributed by atoms with van der Waals surface area (Å²) in [5.41, 5.74) is 0. The maximum Gasteiger partial charge on any atom is 0.325 e. The largest absolute Gasteiger partial charge is 0.468 e. The average molecular weight is 237 g/mol. The summed E-state index contributed by atoms with van der Waals surface area (Å²) in [6.45, 7) is 0.0839. The third-order valence-corrected chi connectivity index (χ3v) is 4.99. The van der Waals surface area contributed by atoms with Crippen LogP contribution in [0.15, 0.2) is 0 Å². The molecule has 3 aliphatic carbocycles. The van der Waals surface area contributed by atoms with Crippen molar-refractivity contribution in [3.05, 3.63) is 0 Å². The Labute approximate surface area is 101 Å². The molecule has 0 N–H and O–H groups in total. The van der Waals surface area contributed by atoms with Gasteiger partial charge in [-0.25, -0.2) is 0 Å². The summed E-state index contributed by atoms with van der Waals surface area (Å²) in [6, 6.07) is 0. The van der Waals surface area contributed by atoms with Gasteiger partial charge in [-0.3, -0.25) is 9.59 Å². The third kappa shape index (κ3) is 1.57. The van der Waals surface area contributed by atoms with Crippen molar-refractivity contribution in [2.45, 2.75) is 19.3 Å². The Hall–Kier alpha value is -1.06. The summed E-state index contributed by atoms with van der Waals surface area (Å²) in [5.74, 6) is 2.91. The maximum atomic E-state index is 12.2. The van der Waals surface area contributed by atoms with E-state index in [1.54, 1.807) is 7.05 Å². The van der Waals surface area contributed by atoms with Crippen LogP contribution in [0.1, 0.15) is 19.3 Å². The lowest BCUT2D eigenvalue weighted by molar-refractivity contribution is -0.146. The second kappa shape index (κ2) is 3.72. The first-order valence-electron chi connectivity index (χ1n) is 6.45. The monoisotopic (exact) mass is 237 g/mol. The predicted molar refractivity (Wildman–Crippen MR) is 61.0 cm³/mol. The zero-order valence-corrected chi connectivity index (χ0v) is 10.4. The number of carbonyl (C=O) groups is 2. The van der Waals surface area contributed by atoms with E-state index >= 15 is 0 Å². The number of carbonyl (C=O) groups excluding carboxylic acids is 2. The van der Waals surface area contributed by atoms with Gasteiger partial charge in [0.1, 0.15) is 6.54 Å². The Morgan fingerprint density at radius 1 is 1.24 bits per heavy atom. The Morgan fingerprint density at radius 2 is 1.82 bits per heavy atom. The molecule has 0 aromatic heterocycles. The minimum Gasteiger partial charge on any atom is -0.468 e. The summed E-state index contributed by atoms with van der Waals surface area (Å²) in [7, 11) is 3.06. The van der Waals surface area contributed by atoms with Crippen molar-refractivity contribution in [1.29, 1.82) is 0 Å². The van der Waals surface area contributed by atoms with Gasteiger partial charge in [-0.15, -0.1) is 0 Å². The average Bonchev–Trinajstić information content (AvgIpc) is 2.75.